The second-order valence-electron chi connectivity index (χ2n) is 6.42. The molecule has 1 saturated heterocycles. The summed E-state index contributed by atoms with van der Waals surface area (Å²) in [6.07, 6.45) is 2.61. The summed E-state index contributed by atoms with van der Waals surface area (Å²) in [4.78, 5) is 14.5. The molecule has 1 aliphatic heterocycles. The molecule has 0 unspecified atom stereocenters. The van der Waals surface area contributed by atoms with Gasteiger partial charge in [-0.3, -0.25) is 4.79 Å². The highest BCUT2D eigenvalue weighted by atomic mass is 35.5. The van der Waals surface area contributed by atoms with Gasteiger partial charge < -0.3 is 20.1 Å². The van der Waals surface area contributed by atoms with E-state index in [4.69, 9.17) is 15.2 Å². The first-order valence-electron chi connectivity index (χ1n) is 9.17. The van der Waals surface area contributed by atoms with Crippen LogP contribution in [0.25, 0.3) is 0 Å². The topological polar surface area (TPSA) is 111 Å². The summed E-state index contributed by atoms with van der Waals surface area (Å²) in [5.74, 6) is -0.0910. The number of amides is 1. The Morgan fingerprint density at radius 3 is 2.43 bits per heavy atom. The number of likely N-dealkylation sites (tertiary alicyclic amines) is 1. The van der Waals surface area contributed by atoms with Crippen LogP contribution in [-0.2, 0) is 19.5 Å². The van der Waals surface area contributed by atoms with Crippen molar-refractivity contribution in [1.82, 2.24) is 9.62 Å². The zero-order chi connectivity index (χ0) is 19.7. The highest BCUT2D eigenvalue weighted by Gasteiger charge is 2.24. The molecule has 2 rings (SSSR count). The maximum atomic E-state index is 12.6. The zero-order valence-corrected chi connectivity index (χ0v) is 17.8. The summed E-state index contributed by atoms with van der Waals surface area (Å²) >= 11 is 0. The first-order valence-corrected chi connectivity index (χ1v) is 10.7. The van der Waals surface area contributed by atoms with Crippen molar-refractivity contribution in [3.05, 3.63) is 29.8 Å². The molecule has 10 heteroatoms. The molecule has 1 amide bonds. The fourth-order valence-electron chi connectivity index (χ4n) is 2.88. The van der Waals surface area contributed by atoms with Crippen molar-refractivity contribution in [2.24, 2.45) is 5.73 Å². The lowest BCUT2D eigenvalue weighted by Gasteiger charge is -2.32. The van der Waals surface area contributed by atoms with Crippen molar-refractivity contribution in [3.8, 4) is 0 Å². The number of hydrogen-bond donors (Lipinski definition) is 2. The molecule has 1 aromatic rings. The van der Waals surface area contributed by atoms with E-state index in [9.17, 15) is 13.2 Å². The first kappa shape index (κ1) is 24.8. The van der Waals surface area contributed by atoms with Crippen LogP contribution in [0, 0.1) is 0 Å². The number of nitrogens with one attached hydrogen (secondary N) is 1. The molecule has 8 nitrogen and oxygen atoms in total. The van der Waals surface area contributed by atoms with Crippen molar-refractivity contribution in [2.45, 2.75) is 30.3 Å². The number of ether oxygens (including phenoxy) is 2. The zero-order valence-electron chi connectivity index (χ0n) is 16.1. The smallest absolute Gasteiger partial charge is 0.253 e. The van der Waals surface area contributed by atoms with E-state index in [2.05, 4.69) is 4.72 Å². The summed E-state index contributed by atoms with van der Waals surface area (Å²) in [6, 6.07) is 6.00. The van der Waals surface area contributed by atoms with Gasteiger partial charge >= 0.3 is 0 Å². The fraction of sp³-hybridized carbons (Fsp3) is 0.611. The third-order valence-corrected chi connectivity index (χ3v) is 5.92. The van der Waals surface area contributed by atoms with Crippen LogP contribution in [0.3, 0.4) is 0 Å². The summed E-state index contributed by atoms with van der Waals surface area (Å²) < 4.78 is 37.3. The van der Waals surface area contributed by atoms with Crippen molar-refractivity contribution in [1.29, 1.82) is 0 Å². The molecule has 1 fully saturated rings. The average molecular weight is 436 g/mol. The number of piperidine rings is 1. The number of carbonyl (C=O) groups is 1. The van der Waals surface area contributed by atoms with E-state index in [1.165, 1.54) is 19.2 Å². The summed E-state index contributed by atoms with van der Waals surface area (Å²) in [5.41, 5.74) is 5.94. The number of hydrogen-bond acceptors (Lipinski definition) is 6. The number of methoxy groups -OCH3 is 1. The summed E-state index contributed by atoms with van der Waals surface area (Å²) in [7, 11) is -2.09. The van der Waals surface area contributed by atoms with Gasteiger partial charge in [-0.2, -0.15) is 0 Å². The Bertz CT molecular complexity index is 692. The Morgan fingerprint density at radius 2 is 1.86 bits per heavy atom. The molecule has 0 aliphatic carbocycles. The number of carbonyl (C=O) groups excluding carboxylic acids is 1. The van der Waals surface area contributed by atoms with Crippen LogP contribution in [0.4, 0.5) is 0 Å². The fourth-order valence-corrected chi connectivity index (χ4v) is 3.89. The third kappa shape index (κ3) is 7.31. The van der Waals surface area contributed by atoms with E-state index in [1.807, 2.05) is 0 Å². The Kier molecular flexibility index (Phi) is 10.9. The highest BCUT2D eigenvalue weighted by Crippen LogP contribution is 2.18. The van der Waals surface area contributed by atoms with E-state index >= 15 is 0 Å². The first-order chi connectivity index (χ1) is 13.0. The molecule has 0 spiro atoms. The molecule has 1 aromatic carbocycles. The van der Waals surface area contributed by atoms with Gasteiger partial charge in [0.05, 0.1) is 17.6 Å². The minimum atomic E-state index is -3.60. The van der Waals surface area contributed by atoms with Crippen LogP contribution < -0.4 is 10.5 Å². The molecule has 3 N–H and O–H groups in total. The summed E-state index contributed by atoms with van der Waals surface area (Å²) in [5, 5.41) is 0. The largest absolute Gasteiger partial charge is 0.383 e. The Morgan fingerprint density at radius 1 is 1.21 bits per heavy atom. The molecule has 160 valence electrons. The quantitative estimate of drug-likeness (QED) is 0.530. The van der Waals surface area contributed by atoms with Crippen molar-refractivity contribution in [2.75, 3.05) is 46.5 Å². The standard InChI is InChI=1S/C18H29N3O5S.ClH/c1-25-14-10-20-27(23,24)17-5-3-15(4-6-17)18(22)21-11-7-16(8-12-21)26-13-2-9-19;/h3-6,16,20H,2,7-14,19H2,1H3;1H. The van der Waals surface area contributed by atoms with Gasteiger partial charge in [0.2, 0.25) is 10.0 Å². The Hall–Kier alpha value is -1.23. The molecular formula is C18H30ClN3O5S. The second kappa shape index (κ2) is 12.4. The van der Waals surface area contributed by atoms with Gasteiger partial charge in [0, 0.05) is 38.9 Å². The molecule has 0 aromatic heterocycles. The minimum Gasteiger partial charge on any atom is -0.383 e. The number of nitrogens with two attached hydrogens (primary N) is 1. The van der Waals surface area contributed by atoms with Crippen LogP contribution in [0.2, 0.25) is 0 Å². The number of benzene rings is 1. The average Bonchev–Trinajstić information content (AvgIpc) is 2.68. The Labute approximate surface area is 173 Å². The lowest BCUT2D eigenvalue weighted by Crippen LogP contribution is -2.41. The number of nitrogens with zero attached hydrogens (tertiary/aromatic N) is 1. The molecule has 1 heterocycles. The van der Waals surface area contributed by atoms with Crippen molar-refractivity contribution >= 4 is 28.3 Å². The van der Waals surface area contributed by atoms with Crippen LogP contribution in [0.1, 0.15) is 29.6 Å². The van der Waals surface area contributed by atoms with Gasteiger partial charge in [0.25, 0.3) is 5.91 Å². The van der Waals surface area contributed by atoms with E-state index < -0.39 is 10.0 Å². The van der Waals surface area contributed by atoms with Gasteiger partial charge in [0.1, 0.15) is 0 Å². The maximum absolute atomic E-state index is 12.6. The lowest BCUT2D eigenvalue weighted by atomic mass is 10.1. The number of sulfonamides is 1. The molecular weight excluding hydrogens is 406 g/mol. The van der Waals surface area contributed by atoms with Gasteiger partial charge in [-0.1, -0.05) is 0 Å². The van der Waals surface area contributed by atoms with Gasteiger partial charge in [-0.25, -0.2) is 13.1 Å². The lowest BCUT2D eigenvalue weighted by molar-refractivity contribution is 0.00844. The van der Waals surface area contributed by atoms with Gasteiger partial charge in [0.15, 0.2) is 0 Å². The highest BCUT2D eigenvalue weighted by molar-refractivity contribution is 7.89. The predicted molar refractivity (Wildman–Crippen MR) is 109 cm³/mol. The molecule has 0 saturated carbocycles. The Balaban J connectivity index is 0.00000392. The molecule has 0 atom stereocenters. The SMILES string of the molecule is COCCNS(=O)(=O)c1ccc(C(=O)N2CCC(OCCCN)CC2)cc1.Cl. The van der Waals surface area contributed by atoms with E-state index in [-0.39, 0.29) is 35.9 Å². The van der Waals surface area contributed by atoms with E-state index in [1.54, 1.807) is 17.0 Å². The molecule has 28 heavy (non-hydrogen) atoms. The van der Waals surface area contributed by atoms with Gasteiger partial charge in [-0.05, 0) is 50.1 Å². The maximum Gasteiger partial charge on any atom is 0.253 e. The van der Waals surface area contributed by atoms with Crippen LogP contribution in [0.15, 0.2) is 29.2 Å². The second-order valence-corrected chi connectivity index (χ2v) is 8.19. The molecule has 0 bridgehead atoms. The van der Waals surface area contributed by atoms with Crippen LogP contribution >= 0.6 is 12.4 Å². The molecule has 0 radical (unpaired) electrons. The number of rotatable bonds is 10. The van der Waals surface area contributed by atoms with Crippen LogP contribution in [0.5, 0.6) is 0 Å². The molecule has 1 aliphatic rings. The van der Waals surface area contributed by atoms with Gasteiger partial charge in [-0.15, -0.1) is 12.4 Å². The van der Waals surface area contributed by atoms with Crippen molar-refractivity contribution in [3.63, 3.8) is 0 Å². The van der Waals surface area contributed by atoms with E-state index in [0.717, 1.165) is 19.3 Å². The predicted octanol–water partition coefficient (Wildman–Crippen LogP) is 1.00. The summed E-state index contributed by atoms with van der Waals surface area (Å²) in [6.45, 7) is 3.02. The van der Waals surface area contributed by atoms with E-state index in [0.29, 0.717) is 38.4 Å². The van der Waals surface area contributed by atoms with Crippen LogP contribution in [-0.4, -0.2) is 71.8 Å². The normalized spacial score (nSPS) is 15.3. The van der Waals surface area contributed by atoms with Crippen molar-refractivity contribution < 1.29 is 22.7 Å². The minimum absolute atomic E-state index is 0. The third-order valence-electron chi connectivity index (χ3n) is 4.44. The monoisotopic (exact) mass is 435 g/mol. The number of halogens is 1.